The van der Waals surface area contributed by atoms with E-state index >= 15 is 0 Å². The van der Waals surface area contributed by atoms with Gasteiger partial charge in [0.05, 0.1) is 0 Å². The van der Waals surface area contributed by atoms with Gasteiger partial charge in [-0.15, -0.1) is 0 Å². The van der Waals surface area contributed by atoms with Gasteiger partial charge in [-0.1, -0.05) is 29.8 Å². The number of aliphatic hydroxyl groups is 1. The van der Waals surface area contributed by atoms with Crippen molar-refractivity contribution in [2.75, 3.05) is 13.6 Å². The molecule has 1 aliphatic rings. The summed E-state index contributed by atoms with van der Waals surface area (Å²) < 4.78 is 27.9. The lowest BCUT2D eigenvalue weighted by atomic mass is 9.86. The van der Waals surface area contributed by atoms with E-state index in [0.29, 0.717) is 34.0 Å². The Labute approximate surface area is 172 Å². The quantitative estimate of drug-likeness (QED) is 0.640. The van der Waals surface area contributed by atoms with Crippen LogP contribution in [0.2, 0.25) is 5.02 Å². The second-order valence-electron chi connectivity index (χ2n) is 7.14. The zero-order chi connectivity index (χ0) is 20.5. The van der Waals surface area contributed by atoms with E-state index in [0.717, 1.165) is 11.6 Å². The maximum absolute atomic E-state index is 14.0. The molecule has 0 saturated heterocycles. The van der Waals surface area contributed by atoms with Crippen molar-refractivity contribution in [3.8, 4) is 0 Å². The highest BCUT2D eigenvalue weighted by atomic mass is 35.5. The van der Waals surface area contributed by atoms with Crippen LogP contribution in [0.25, 0.3) is 5.70 Å². The number of pyridine rings is 1. The molecule has 6 heteroatoms. The van der Waals surface area contributed by atoms with Crippen LogP contribution in [0, 0.1) is 11.6 Å². The third-order valence-electron chi connectivity index (χ3n) is 5.19. The molecule has 29 heavy (non-hydrogen) atoms. The van der Waals surface area contributed by atoms with Crippen molar-refractivity contribution in [3.63, 3.8) is 0 Å². The Bertz CT molecular complexity index is 1030. The van der Waals surface area contributed by atoms with E-state index in [-0.39, 0.29) is 5.92 Å². The number of aromatic nitrogens is 1. The maximum atomic E-state index is 14.0. The molecule has 0 spiro atoms. The molecule has 0 bridgehead atoms. The van der Waals surface area contributed by atoms with E-state index in [4.69, 9.17) is 11.6 Å². The first-order valence-corrected chi connectivity index (χ1v) is 9.57. The third-order valence-corrected chi connectivity index (χ3v) is 5.44. The summed E-state index contributed by atoms with van der Waals surface area (Å²) >= 11 is 6.04. The summed E-state index contributed by atoms with van der Waals surface area (Å²) in [6.45, 7) is 0.557. The molecule has 0 radical (unpaired) electrons. The summed E-state index contributed by atoms with van der Waals surface area (Å²) in [4.78, 5) is 6.02. The molecule has 4 rings (SSSR count). The minimum Gasteiger partial charge on any atom is -0.384 e. The van der Waals surface area contributed by atoms with Gasteiger partial charge in [0.1, 0.15) is 17.7 Å². The first-order valence-electron chi connectivity index (χ1n) is 9.19. The van der Waals surface area contributed by atoms with Crippen molar-refractivity contribution in [2.45, 2.75) is 12.0 Å². The van der Waals surface area contributed by atoms with Gasteiger partial charge < -0.3 is 10.0 Å². The van der Waals surface area contributed by atoms with E-state index in [1.54, 1.807) is 36.7 Å². The zero-order valence-electron chi connectivity index (χ0n) is 15.7. The smallest absolute Gasteiger partial charge is 0.126 e. The van der Waals surface area contributed by atoms with E-state index in [9.17, 15) is 13.9 Å². The normalized spacial score (nSPS) is 17.7. The third kappa shape index (κ3) is 3.88. The Kier molecular flexibility index (Phi) is 5.35. The number of benzene rings is 2. The van der Waals surface area contributed by atoms with Gasteiger partial charge in [-0.05, 0) is 41.5 Å². The number of likely N-dealkylation sites (N-methyl/N-ethyl adjacent to an activating group) is 1. The van der Waals surface area contributed by atoms with Crippen LogP contribution in [0.3, 0.4) is 0 Å². The van der Waals surface area contributed by atoms with Crippen molar-refractivity contribution in [3.05, 3.63) is 106 Å². The van der Waals surface area contributed by atoms with Gasteiger partial charge in [-0.3, -0.25) is 4.98 Å². The molecule has 0 aliphatic carbocycles. The average Bonchev–Trinajstić information content (AvgIpc) is 3.05. The second kappa shape index (κ2) is 7.93. The first kappa shape index (κ1) is 19.6. The summed E-state index contributed by atoms with van der Waals surface area (Å²) in [7, 11) is 1.85. The topological polar surface area (TPSA) is 36.4 Å². The van der Waals surface area contributed by atoms with Gasteiger partial charge in [0.15, 0.2) is 0 Å². The van der Waals surface area contributed by atoms with Crippen molar-refractivity contribution in [2.24, 2.45) is 0 Å². The van der Waals surface area contributed by atoms with Crippen LogP contribution in [0.15, 0.2) is 72.6 Å². The Morgan fingerprint density at radius 3 is 2.41 bits per heavy atom. The number of aliphatic hydroxyl groups excluding tert-OH is 1. The summed E-state index contributed by atoms with van der Waals surface area (Å²) in [5, 5.41) is 11.9. The Balaban J connectivity index is 1.91. The van der Waals surface area contributed by atoms with Crippen molar-refractivity contribution in [1.29, 1.82) is 0 Å². The van der Waals surface area contributed by atoms with E-state index in [2.05, 4.69) is 4.98 Å². The molecule has 1 aliphatic heterocycles. The van der Waals surface area contributed by atoms with Crippen molar-refractivity contribution in [1.82, 2.24) is 9.88 Å². The van der Waals surface area contributed by atoms with Gasteiger partial charge in [0.25, 0.3) is 0 Å². The molecule has 0 saturated carbocycles. The highest BCUT2D eigenvalue weighted by Gasteiger charge is 2.36. The largest absolute Gasteiger partial charge is 0.384 e. The number of nitrogens with zero attached hydrogens (tertiary/aromatic N) is 2. The van der Waals surface area contributed by atoms with Gasteiger partial charge in [0, 0.05) is 59.8 Å². The molecule has 1 aromatic heterocycles. The van der Waals surface area contributed by atoms with E-state index < -0.39 is 17.7 Å². The molecule has 0 amide bonds. The lowest BCUT2D eigenvalue weighted by Crippen LogP contribution is -2.15. The Hall–Kier alpha value is -2.76. The summed E-state index contributed by atoms with van der Waals surface area (Å²) in [6, 6.07) is 14.4. The summed E-state index contributed by atoms with van der Waals surface area (Å²) in [6.07, 6.45) is 2.25. The molecule has 3 nitrogen and oxygen atoms in total. The fraction of sp³-hybridized carbons (Fsp3) is 0.174. The fourth-order valence-electron chi connectivity index (χ4n) is 3.94. The van der Waals surface area contributed by atoms with Crippen LogP contribution >= 0.6 is 11.6 Å². The lowest BCUT2D eigenvalue weighted by molar-refractivity contribution is 0.210. The summed E-state index contributed by atoms with van der Waals surface area (Å²) in [5.41, 5.74) is 3.25. The highest BCUT2D eigenvalue weighted by Crippen LogP contribution is 2.46. The molecule has 1 N–H and O–H groups in total. The molecule has 2 aromatic carbocycles. The maximum Gasteiger partial charge on any atom is 0.126 e. The molecule has 2 atom stereocenters. The molecule has 2 unspecified atom stereocenters. The Morgan fingerprint density at radius 1 is 1.10 bits per heavy atom. The Morgan fingerprint density at radius 2 is 1.79 bits per heavy atom. The second-order valence-corrected chi connectivity index (χ2v) is 7.57. The van der Waals surface area contributed by atoms with Crippen molar-refractivity contribution < 1.29 is 13.9 Å². The predicted molar refractivity (Wildman–Crippen MR) is 109 cm³/mol. The van der Waals surface area contributed by atoms with Gasteiger partial charge >= 0.3 is 0 Å². The average molecular weight is 413 g/mol. The molecular weight excluding hydrogens is 394 g/mol. The number of hydrogen-bond acceptors (Lipinski definition) is 3. The van der Waals surface area contributed by atoms with Crippen LogP contribution in [0.1, 0.15) is 28.7 Å². The molecule has 2 heterocycles. The molecule has 0 fully saturated rings. The van der Waals surface area contributed by atoms with Gasteiger partial charge in [0.2, 0.25) is 0 Å². The molecule has 3 aromatic rings. The summed E-state index contributed by atoms with van der Waals surface area (Å²) in [5.74, 6) is -1.49. The molecule has 148 valence electrons. The lowest BCUT2D eigenvalue weighted by Gasteiger charge is -2.21. The number of rotatable bonds is 4. The van der Waals surface area contributed by atoms with Crippen LogP contribution in [-0.4, -0.2) is 28.6 Å². The van der Waals surface area contributed by atoms with Gasteiger partial charge in [-0.2, -0.15) is 0 Å². The SMILES string of the molecule is CN1CC(c2ccc(Cl)cc2)C(C(O)c2cccnc2)=C1c1cc(F)cc(F)c1. The van der Waals surface area contributed by atoms with Crippen LogP contribution in [0.4, 0.5) is 8.78 Å². The number of hydrogen-bond donors (Lipinski definition) is 1. The minimum atomic E-state index is -0.976. The fourth-order valence-corrected chi connectivity index (χ4v) is 4.07. The van der Waals surface area contributed by atoms with E-state index in [1.165, 1.54) is 12.1 Å². The number of halogens is 3. The van der Waals surface area contributed by atoms with Crippen LogP contribution in [0.5, 0.6) is 0 Å². The molecular formula is C23H19ClF2N2O. The highest BCUT2D eigenvalue weighted by molar-refractivity contribution is 6.30. The van der Waals surface area contributed by atoms with Gasteiger partial charge in [-0.25, -0.2) is 8.78 Å². The van der Waals surface area contributed by atoms with Crippen LogP contribution < -0.4 is 0 Å². The van der Waals surface area contributed by atoms with Crippen LogP contribution in [-0.2, 0) is 0 Å². The minimum absolute atomic E-state index is 0.172. The standard InChI is InChI=1S/C23H19ClF2N2O/c1-28-13-20(14-4-6-17(24)7-5-14)21(23(29)15-3-2-8-27-12-15)22(28)16-9-18(25)11-19(26)10-16/h2-12,20,23,29H,13H2,1H3. The first-order chi connectivity index (χ1) is 13.9. The monoisotopic (exact) mass is 412 g/mol. The predicted octanol–water partition coefficient (Wildman–Crippen LogP) is 5.19. The van der Waals surface area contributed by atoms with Crippen molar-refractivity contribution >= 4 is 17.3 Å². The van der Waals surface area contributed by atoms with E-state index in [1.807, 2.05) is 24.1 Å². The zero-order valence-corrected chi connectivity index (χ0v) is 16.4.